The molecular weight excluding hydrogens is 248 g/mol. The highest BCUT2D eigenvalue weighted by Gasteiger charge is 2.34. The van der Waals surface area contributed by atoms with Crippen LogP contribution in [0, 0.1) is 0 Å². The third kappa shape index (κ3) is 2.47. The van der Waals surface area contributed by atoms with Gasteiger partial charge in [0.1, 0.15) is 0 Å². The molecule has 0 aromatic heterocycles. The van der Waals surface area contributed by atoms with Crippen LogP contribution in [0.2, 0.25) is 0 Å². The summed E-state index contributed by atoms with van der Waals surface area (Å²) >= 11 is 0. The first-order valence-corrected chi connectivity index (χ1v) is 6.13. The zero-order chi connectivity index (χ0) is 14.0. The molecule has 0 N–H and O–H groups in total. The Morgan fingerprint density at radius 2 is 1.37 bits per heavy atom. The predicted octanol–water partition coefficient (Wildman–Crippen LogP) is 0.00510. The fourth-order valence-corrected chi connectivity index (χ4v) is 2.23. The minimum atomic E-state index is -0.465. The molecule has 1 atom stereocenters. The van der Waals surface area contributed by atoms with E-state index < -0.39 is 29.7 Å². The van der Waals surface area contributed by atoms with Gasteiger partial charge in [0, 0.05) is 24.3 Å². The van der Waals surface area contributed by atoms with E-state index in [4.69, 9.17) is 0 Å². The first-order valence-electron chi connectivity index (χ1n) is 6.13. The molecule has 6 nitrogen and oxygen atoms in total. The van der Waals surface area contributed by atoms with E-state index in [0.29, 0.717) is 6.42 Å². The number of carbonyl (C=O) groups excluding carboxylic acids is 4. The summed E-state index contributed by atoms with van der Waals surface area (Å²) in [7, 11) is 0. The van der Waals surface area contributed by atoms with Gasteiger partial charge in [-0.15, -0.1) is 0 Å². The second-order valence-corrected chi connectivity index (χ2v) is 4.44. The van der Waals surface area contributed by atoms with Gasteiger partial charge in [0.2, 0.25) is 0 Å². The Kier molecular flexibility index (Phi) is 3.59. The van der Waals surface area contributed by atoms with Crippen LogP contribution in [-0.4, -0.2) is 46.0 Å². The van der Waals surface area contributed by atoms with E-state index in [1.807, 2.05) is 6.92 Å². The van der Waals surface area contributed by atoms with Crippen molar-refractivity contribution in [3.63, 3.8) is 0 Å². The molecule has 0 saturated carbocycles. The second kappa shape index (κ2) is 5.17. The molecule has 0 spiro atoms. The van der Waals surface area contributed by atoms with Crippen LogP contribution in [0.25, 0.3) is 0 Å². The Balaban J connectivity index is 2.13. The fraction of sp³-hybridized carbons (Fsp3) is 0.385. The monoisotopic (exact) mass is 262 g/mol. The number of carbonyl (C=O) groups is 4. The Morgan fingerprint density at radius 3 is 1.84 bits per heavy atom. The number of hydrogen-bond acceptors (Lipinski definition) is 4. The number of imide groups is 2. The largest absolute Gasteiger partial charge is 0.273 e. The quantitative estimate of drug-likeness (QED) is 0.654. The van der Waals surface area contributed by atoms with Crippen LogP contribution in [0.15, 0.2) is 24.3 Å². The van der Waals surface area contributed by atoms with E-state index in [2.05, 4.69) is 0 Å². The Labute approximate surface area is 110 Å². The molecule has 0 saturated heterocycles. The van der Waals surface area contributed by atoms with E-state index in [1.54, 1.807) is 0 Å². The summed E-state index contributed by atoms with van der Waals surface area (Å²) in [6.45, 7) is 1.97. The van der Waals surface area contributed by atoms with Crippen LogP contribution in [0.3, 0.4) is 0 Å². The molecule has 0 fully saturated rings. The number of amides is 4. The lowest BCUT2D eigenvalue weighted by Crippen LogP contribution is -2.48. The van der Waals surface area contributed by atoms with E-state index in [9.17, 15) is 19.2 Å². The molecule has 0 aromatic carbocycles. The van der Waals surface area contributed by atoms with Crippen molar-refractivity contribution in [3.05, 3.63) is 24.3 Å². The summed E-state index contributed by atoms with van der Waals surface area (Å²) in [5.74, 6) is -1.60. The van der Waals surface area contributed by atoms with E-state index in [-0.39, 0.29) is 6.54 Å². The van der Waals surface area contributed by atoms with Crippen LogP contribution >= 0.6 is 0 Å². The number of nitrogens with zero attached hydrogens (tertiary/aromatic N) is 2. The van der Waals surface area contributed by atoms with E-state index in [0.717, 1.165) is 16.2 Å². The first kappa shape index (κ1) is 13.2. The van der Waals surface area contributed by atoms with Crippen LogP contribution in [0.4, 0.5) is 0 Å². The summed E-state index contributed by atoms with van der Waals surface area (Å²) in [5, 5.41) is 0. The highest BCUT2D eigenvalue weighted by atomic mass is 16.2. The third-order valence-corrected chi connectivity index (χ3v) is 3.12. The molecule has 1 unspecified atom stereocenters. The molecule has 0 radical (unpaired) electrons. The van der Waals surface area contributed by atoms with E-state index >= 15 is 0 Å². The maximum absolute atomic E-state index is 11.7. The zero-order valence-electron chi connectivity index (χ0n) is 10.5. The summed E-state index contributed by atoms with van der Waals surface area (Å²) < 4.78 is 0. The highest BCUT2D eigenvalue weighted by Crippen LogP contribution is 2.17. The van der Waals surface area contributed by atoms with Crippen molar-refractivity contribution in [2.24, 2.45) is 0 Å². The second-order valence-electron chi connectivity index (χ2n) is 4.44. The lowest BCUT2D eigenvalue weighted by Gasteiger charge is -2.29. The SMILES string of the molecule is CCCC(CN1C(=O)C=CC1=O)N1C(=O)C=CC1=O. The molecule has 0 aromatic rings. The van der Waals surface area contributed by atoms with Gasteiger partial charge in [0.25, 0.3) is 23.6 Å². The molecule has 0 bridgehead atoms. The fourth-order valence-electron chi connectivity index (χ4n) is 2.23. The predicted molar refractivity (Wildman–Crippen MR) is 65.5 cm³/mol. The number of rotatable bonds is 5. The average Bonchev–Trinajstić information content (AvgIpc) is 2.85. The van der Waals surface area contributed by atoms with Gasteiger partial charge < -0.3 is 0 Å². The van der Waals surface area contributed by atoms with Gasteiger partial charge in [-0.25, -0.2) is 0 Å². The zero-order valence-corrected chi connectivity index (χ0v) is 10.5. The van der Waals surface area contributed by atoms with Gasteiger partial charge >= 0.3 is 0 Å². The molecule has 6 heteroatoms. The lowest BCUT2D eigenvalue weighted by atomic mass is 10.1. The molecule has 4 amide bonds. The van der Waals surface area contributed by atoms with Gasteiger partial charge in [-0.1, -0.05) is 13.3 Å². The third-order valence-electron chi connectivity index (χ3n) is 3.12. The summed E-state index contributed by atoms with van der Waals surface area (Å²) in [4.78, 5) is 48.5. The van der Waals surface area contributed by atoms with Crippen molar-refractivity contribution in [1.82, 2.24) is 9.80 Å². The number of hydrogen-bond donors (Lipinski definition) is 0. The molecule has 2 rings (SSSR count). The van der Waals surface area contributed by atoms with Crippen LogP contribution < -0.4 is 0 Å². The maximum Gasteiger partial charge on any atom is 0.253 e. The Morgan fingerprint density at radius 1 is 0.895 bits per heavy atom. The minimum Gasteiger partial charge on any atom is -0.273 e. The maximum atomic E-state index is 11.7. The Hall–Kier alpha value is -2.24. The summed E-state index contributed by atoms with van der Waals surface area (Å²) in [5.41, 5.74) is 0. The van der Waals surface area contributed by atoms with Crippen molar-refractivity contribution in [3.8, 4) is 0 Å². The van der Waals surface area contributed by atoms with Gasteiger partial charge in [-0.3, -0.25) is 29.0 Å². The molecule has 19 heavy (non-hydrogen) atoms. The van der Waals surface area contributed by atoms with Crippen molar-refractivity contribution < 1.29 is 19.2 Å². The highest BCUT2D eigenvalue weighted by molar-refractivity contribution is 6.14. The van der Waals surface area contributed by atoms with Gasteiger partial charge in [0.15, 0.2) is 0 Å². The topological polar surface area (TPSA) is 74.8 Å². The molecule has 0 aliphatic carbocycles. The normalized spacial score (nSPS) is 20.1. The van der Waals surface area contributed by atoms with Crippen molar-refractivity contribution in [2.75, 3.05) is 6.54 Å². The Bertz CT molecular complexity index is 471. The molecular formula is C13H14N2O4. The van der Waals surface area contributed by atoms with Crippen molar-refractivity contribution >= 4 is 23.6 Å². The molecule has 2 aliphatic rings. The van der Waals surface area contributed by atoms with Gasteiger partial charge in [-0.2, -0.15) is 0 Å². The summed E-state index contributed by atoms with van der Waals surface area (Å²) in [6.07, 6.45) is 6.09. The van der Waals surface area contributed by atoms with Crippen LogP contribution in [-0.2, 0) is 19.2 Å². The molecule has 2 heterocycles. The van der Waals surface area contributed by atoms with Crippen molar-refractivity contribution in [1.29, 1.82) is 0 Å². The smallest absolute Gasteiger partial charge is 0.253 e. The molecule has 2 aliphatic heterocycles. The van der Waals surface area contributed by atoms with Gasteiger partial charge in [0.05, 0.1) is 12.6 Å². The van der Waals surface area contributed by atoms with Crippen LogP contribution in [0.5, 0.6) is 0 Å². The standard InChI is InChI=1S/C13H14N2O4/c1-2-3-9(15-12(18)6-7-13(15)19)8-14-10(16)4-5-11(14)17/h4-7,9H,2-3,8H2,1H3. The average molecular weight is 262 g/mol. The van der Waals surface area contributed by atoms with Gasteiger partial charge in [-0.05, 0) is 6.42 Å². The molecule has 100 valence electrons. The minimum absolute atomic E-state index is 0.0532. The lowest BCUT2D eigenvalue weighted by molar-refractivity contribution is -0.145. The van der Waals surface area contributed by atoms with E-state index in [1.165, 1.54) is 24.3 Å². The summed E-state index contributed by atoms with van der Waals surface area (Å²) in [6, 6.07) is -0.465. The van der Waals surface area contributed by atoms with Crippen LogP contribution in [0.1, 0.15) is 19.8 Å². The first-order chi connectivity index (χ1) is 9.04. The van der Waals surface area contributed by atoms with Crippen molar-refractivity contribution in [2.45, 2.75) is 25.8 Å².